The second-order valence-electron chi connectivity index (χ2n) is 13.2. The van der Waals surface area contributed by atoms with Crippen molar-refractivity contribution in [2.75, 3.05) is 38.2 Å². The Morgan fingerprint density at radius 2 is 1.91 bits per heavy atom. The average molecular weight is 611 g/mol. The number of rotatable bonds is 5. The lowest BCUT2D eigenvalue weighted by atomic mass is 9.85. The Kier molecular flexibility index (Phi) is 6.80. The average Bonchev–Trinajstić information content (AvgIpc) is 3.73. The molecule has 0 radical (unpaired) electrons. The van der Waals surface area contributed by atoms with E-state index in [0.717, 1.165) is 58.2 Å². The standard InChI is InChI=1S/C35H36F2N6O2/c1-3-25-28(36)10-7-20-14-24(44)15-26(29(20)25)31-30(37)32-27(16-38-31)33(43-17-22-8-9-23(18-43)39-22)41-34(40-32)45-19-21-6-4-11-35(21)12-5-13-42(35)2/h1,7,10,14-16,21-23,39,44H,4-6,8-9,11-13,17-19H2,2H3. The molecule has 8 rings (SSSR count). The number of ether oxygens (including phenoxy) is 1. The van der Waals surface area contributed by atoms with E-state index in [1.54, 1.807) is 6.20 Å². The zero-order chi connectivity index (χ0) is 30.9. The van der Waals surface area contributed by atoms with Crippen LogP contribution in [-0.2, 0) is 0 Å². The van der Waals surface area contributed by atoms with Gasteiger partial charge in [0, 0.05) is 53.8 Å². The van der Waals surface area contributed by atoms with Crippen molar-refractivity contribution < 1.29 is 18.6 Å². The summed E-state index contributed by atoms with van der Waals surface area (Å²) in [5, 5.41) is 15.5. The zero-order valence-corrected chi connectivity index (χ0v) is 25.3. The molecule has 10 heteroatoms. The van der Waals surface area contributed by atoms with Crippen LogP contribution < -0.4 is 15.0 Å². The second-order valence-corrected chi connectivity index (χ2v) is 13.2. The van der Waals surface area contributed by atoms with E-state index in [4.69, 9.17) is 16.1 Å². The van der Waals surface area contributed by atoms with Gasteiger partial charge in [-0.15, -0.1) is 6.42 Å². The number of aromatic nitrogens is 3. The monoisotopic (exact) mass is 610 g/mol. The first-order valence-electron chi connectivity index (χ1n) is 16.0. The van der Waals surface area contributed by atoms with Gasteiger partial charge in [-0.25, -0.2) is 8.78 Å². The third-order valence-corrected chi connectivity index (χ3v) is 10.8. The number of phenols is 1. The molecule has 4 aromatic rings. The van der Waals surface area contributed by atoms with E-state index in [9.17, 15) is 9.50 Å². The Labute approximate surface area is 260 Å². The molecule has 45 heavy (non-hydrogen) atoms. The van der Waals surface area contributed by atoms with Crippen LogP contribution in [0, 0.1) is 29.9 Å². The summed E-state index contributed by atoms with van der Waals surface area (Å²) in [7, 11) is 2.21. The number of benzene rings is 2. The van der Waals surface area contributed by atoms with E-state index in [2.05, 4.69) is 38.1 Å². The Balaban J connectivity index is 1.25. The number of anilines is 1. The van der Waals surface area contributed by atoms with Gasteiger partial charge in [0.25, 0.3) is 0 Å². The molecule has 4 atom stereocenters. The van der Waals surface area contributed by atoms with Crippen molar-refractivity contribution in [1.29, 1.82) is 0 Å². The van der Waals surface area contributed by atoms with Crippen molar-refractivity contribution >= 4 is 27.5 Å². The highest BCUT2D eigenvalue weighted by Crippen LogP contribution is 2.47. The minimum absolute atomic E-state index is 0.0186. The summed E-state index contributed by atoms with van der Waals surface area (Å²) in [5.41, 5.74) is 0.302. The first-order chi connectivity index (χ1) is 21.8. The number of hydrogen-bond acceptors (Lipinski definition) is 8. The molecule has 4 unspecified atom stereocenters. The van der Waals surface area contributed by atoms with Crippen molar-refractivity contribution in [3.05, 3.63) is 47.7 Å². The molecule has 2 N–H and O–H groups in total. The van der Waals surface area contributed by atoms with Gasteiger partial charge in [-0.2, -0.15) is 9.97 Å². The number of fused-ring (bicyclic) bond motifs is 4. The quantitative estimate of drug-likeness (QED) is 0.291. The largest absolute Gasteiger partial charge is 0.508 e. The number of nitrogens with one attached hydrogen (secondary N) is 1. The first-order valence-corrected chi connectivity index (χ1v) is 16.0. The normalized spacial score (nSPS) is 26.4. The number of hydrogen-bond donors (Lipinski definition) is 2. The van der Waals surface area contributed by atoms with Gasteiger partial charge in [0.05, 0.1) is 17.6 Å². The maximum absolute atomic E-state index is 16.8. The molecule has 5 heterocycles. The van der Waals surface area contributed by atoms with E-state index in [1.165, 1.54) is 30.7 Å². The van der Waals surface area contributed by atoms with Crippen molar-refractivity contribution in [2.24, 2.45) is 5.92 Å². The van der Waals surface area contributed by atoms with Crippen LogP contribution in [0.3, 0.4) is 0 Å². The third kappa shape index (κ3) is 4.59. The summed E-state index contributed by atoms with van der Waals surface area (Å²) in [6.07, 6.45) is 15.2. The molecule has 2 aromatic heterocycles. The van der Waals surface area contributed by atoms with Crippen molar-refractivity contribution in [2.45, 2.75) is 62.6 Å². The fraction of sp³-hybridized carbons (Fsp3) is 0.457. The maximum Gasteiger partial charge on any atom is 0.319 e. The van der Waals surface area contributed by atoms with Gasteiger partial charge in [0.15, 0.2) is 5.82 Å². The van der Waals surface area contributed by atoms with Crippen LogP contribution >= 0.6 is 0 Å². The lowest BCUT2D eigenvalue weighted by Crippen LogP contribution is -2.51. The van der Waals surface area contributed by atoms with Gasteiger partial charge in [-0.3, -0.25) is 4.98 Å². The molecule has 2 aromatic carbocycles. The van der Waals surface area contributed by atoms with Gasteiger partial charge >= 0.3 is 6.01 Å². The van der Waals surface area contributed by atoms with Crippen LogP contribution in [0.2, 0.25) is 0 Å². The number of pyridine rings is 1. The summed E-state index contributed by atoms with van der Waals surface area (Å²) in [6.45, 7) is 3.03. The van der Waals surface area contributed by atoms with Crippen molar-refractivity contribution in [3.8, 4) is 35.4 Å². The van der Waals surface area contributed by atoms with Gasteiger partial charge in [-0.1, -0.05) is 18.4 Å². The highest BCUT2D eigenvalue weighted by Gasteiger charge is 2.48. The smallest absolute Gasteiger partial charge is 0.319 e. The van der Waals surface area contributed by atoms with Crippen LogP contribution in [0.1, 0.15) is 50.5 Å². The predicted molar refractivity (Wildman–Crippen MR) is 169 cm³/mol. The highest BCUT2D eigenvalue weighted by molar-refractivity contribution is 6.03. The molecule has 8 nitrogen and oxygen atoms in total. The van der Waals surface area contributed by atoms with Crippen molar-refractivity contribution in [1.82, 2.24) is 25.2 Å². The van der Waals surface area contributed by atoms with Crippen LogP contribution in [-0.4, -0.2) is 75.9 Å². The Hall–Kier alpha value is -4.07. The summed E-state index contributed by atoms with van der Waals surface area (Å²) < 4.78 is 38.0. The molecular weight excluding hydrogens is 574 g/mol. The molecule has 1 spiro atoms. The van der Waals surface area contributed by atoms with E-state index < -0.39 is 11.6 Å². The fourth-order valence-corrected chi connectivity index (χ4v) is 8.65. The molecule has 4 aliphatic rings. The lowest BCUT2D eigenvalue weighted by molar-refractivity contribution is 0.0838. The van der Waals surface area contributed by atoms with Crippen LogP contribution in [0.25, 0.3) is 32.9 Å². The third-order valence-electron chi connectivity index (χ3n) is 10.8. The molecule has 3 aliphatic heterocycles. The lowest BCUT2D eigenvalue weighted by Gasteiger charge is -2.38. The number of halogens is 2. The molecule has 1 aliphatic carbocycles. The zero-order valence-electron chi connectivity index (χ0n) is 25.3. The molecule has 232 valence electrons. The molecule has 4 fully saturated rings. The van der Waals surface area contributed by atoms with Gasteiger partial charge < -0.3 is 25.0 Å². The van der Waals surface area contributed by atoms with Crippen molar-refractivity contribution in [3.63, 3.8) is 0 Å². The second kappa shape index (κ2) is 10.8. The molecule has 1 saturated carbocycles. The number of aromatic hydroxyl groups is 1. The number of piperazine rings is 1. The SMILES string of the molecule is C#Cc1c(F)ccc2cc(O)cc(-c3ncc4c(N5CC6CCC(C5)N6)nc(OCC5CCCC56CCCN6C)nc4c3F)c12. The fourth-order valence-electron chi connectivity index (χ4n) is 8.65. The number of likely N-dealkylation sites (tertiary alicyclic amines) is 1. The molecular formula is C35H36F2N6O2. The van der Waals surface area contributed by atoms with E-state index in [-0.39, 0.29) is 39.6 Å². The molecule has 3 saturated heterocycles. The van der Waals surface area contributed by atoms with E-state index in [0.29, 0.717) is 46.6 Å². The number of nitrogens with zero attached hydrogens (tertiary/aromatic N) is 5. The van der Waals surface area contributed by atoms with Gasteiger partial charge in [-0.05, 0) is 75.7 Å². The minimum Gasteiger partial charge on any atom is -0.508 e. The Bertz CT molecular complexity index is 1860. The first kappa shape index (κ1) is 28.4. The van der Waals surface area contributed by atoms with Crippen LogP contribution in [0.15, 0.2) is 30.5 Å². The Morgan fingerprint density at radius 1 is 1.11 bits per heavy atom. The van der Waals surface area contributed by atoms with Crippen LogP contribution in [0.5, 0.6) is 11.8 Å². The minimum atomic E-state index is -0.703. The molecule has 0 amide bonds. The van der Waals surface area contributed by atoms with Crippen LogP contribution in [0.4, 0.5) is 14.6 Å². The van der Waals surface area contributed by atoms with E-state index >= 15 is 4.39 Å². The van der Waals surface area contributed by atoms with E-state index in [1.807, 2.05) is 0 Å². The predicted octanol–water partition coefficient (Wildman–Crippen LogP) is 5.39. The summed E-state index contributed by atoms with van der Waals surface area (Å²) in [5.74, 6) is 1.92. The summed E-state index contributed by atoms with van der Waals surface area (Å²) in [6, 6.07) is 6.40. The topological polar surface area (TPSA) is 86.6 Å². The number of terminal acetylenes is 1. The Morgan fingerprint density at radius 3 is 2.67 bits per heavy atom. The number of phenolic OH excluding ortho intramolecular Hbond substituents is 1. The van der Waals surface area contributed by atoms with Gasteiger partial charge in [0.2, 0.25) is 0 Å². The highest BCUT2D eigenvalue weighted by atomic mass is 19.1. The van der Waals surface area contributed by atoms with Gasteiger partial charge in [0.1, 0.15) is 28.6 Å². The molecule has 2 bridgehead atoms. The summed E-state index contributed by atoms with van der Waals surface area (Å²) >= 11 is 0. The maximum atomic E-state index is 16.8. The summed E-state index contributed by atoms with van der Waals surface area (Å²) in [4.78, 5) is 18.7.